The number of sulfonamides is 2. The molecule has 0 aliphatic heterocycles. The van der Waals surface area contributed by atoms with Gasteiger partial charge in [0.05, 0.1) is 9.79 Å². The number of benzene rings is 1. The van der Waals surface area contributed by atoms with Crippen LogP contribution in [0.25, 0.3) is 0 Å². The predicted molar refractivity (Wildman–Crippen MR) is 79.6 cm³/mol. The van der Waals surface area contributed by atoms with E-state index in [0.717, 1.165) is 31.7 Å². The van der Waals surface area contributed by atoms with E-state index in [0.29, 0.717) is 6.54 Å². The molecule has 0 heterocycles. The summed E-state index contributed by atoms with van der Waals surface area (Å²) in [6, 6.07) is 5.22. The average Bonchev–Trinajstić information content (AvgIpc) is 2.92. The minimum atomic E-state index is -3.92. The normalized spacial score (nSPS) is 17.5. The van der Waals surface area contributed by atoms with Gasteiger partial charge in [0.2, 0.25) is 20.0 Å². The summed E-state index contributed by atoms with van der Waals surface area (Å²) in [6.07, 6.45) is 3.74. The van der Waals surface area contributed by atoms with Gasteiger partial charge in [-0.3, -0.25) is 0 Å². The van der Waals surface area contributed by atoms with Gasteiger partial charge in [0, 0.05) is 12.6 Å². The second-order valence-corrected chi connectivity index (χ2v) is 8.62. The highest BCUT2D eigenvalue weighted by molar-refractivity contribution is 7.90. The molecule has 0 radical (unpaired) electrons. The van der Waals surface area contributed by atoms with E-state index < -0.39 is 20.0 Å². The minimum Gasteiger partial charge on any atom is -0.225 e. The molecule has 1 aliphatic carbocycles. The van der Waals surface area contributed by atoms with Crippen molar-refractivity contribution in [3.8, 4) is 0 Å². The maximum atomic E-state index is 12.7. The lowest BCUT2D eigenvalue weighted by Crippen LogP contribution is -2.38. The van der Waals surface area contributed by atoms with Crippen molar-refractivity contribution in [2.24, 2.45) is 5.14 Å². The first-order valence-electron chi connectivity index (χ1n) is 6.91. The van der Waals surface area contributed by atoms with Gasteiger partial charge in [-0.05, 0) is 31.0 Å². The highest BCUT2D eigenvalue weighted by atomic mass is 32.2. The van der Waals surface area contributed by atoms with Crippen LogP contribution < -0.4 is 5.14 Å². The number of rotatable bonds is 5. The van der Waals surface area contributed by atoms with E-state index in [1.807, 2.05) is 0 Å². The zero-order valence-electron chi connectivity index (χ0n) is 11.9. The van der Waals surface area contributed by atoms with Gasteiger partial charge in [-0.25, -0.2) is 22.0 Å². The van der Waals surface area contributed by atoms with Crippen LogP contribution in [0.3, 0.4) is 0 Å². The highest BCUT2D eigenvalue weighted by Crippen LogP contribution is 2.29. The molecule has 21 heavy (non-hydrogen) atoms. The van der Waals surface area contributed by atoms with Crippen molar-refractivity contribution in [2.45, 2.75) is 48.4 Å². The zero-order chi connectivity index (χ0) is 15.7. The Morgan fingerprint density at radius 3 is 2.24 bits per heavy atom. The van der Waals surface area contributed by atoms with Gasteiger partial charge in [-0.15, -0.1) is 0 Å². The van der Waals surface area contributed by atoms with Gasteiger partial charge in [-0.2, -0.15) is 4.31 Å². The maximum absolute atomic E-state index is 12.7. The van der Waals surface area contributed by atoms with Crippen LogP contribution in [0.2, 0.25) is 0 Å². The molecular formula is C13H20N2O4S2. The van der Waals surface area contributed by atoms with Crippen molar-refractivity contribution >= 4 is 20.0 Å². The summed E-state index contributed by atoms with van der Waals surface area (Å²) >= 11 is 0. The van der Waals surface area contributed by atoms with Crippen LogP contribution >= 0.6 is 0 Å². The Morgan fingerprint density at radius 1 is 1.14 bits per heavy atom. The first-order chi connectivity index (χ1) is 9.76. The van der Waals surface area contributed by atoms with E-state index in [1.54, 1.807) is 6.92 Å². The van der Waals surface area contributed by atoms with Crippen LogP contribution in [0.1, 0.15) is 32.6 Å². The van der Waals surface area contributed by atoms with Crippen molar-refractivity contribution in [1.29, 1.82) is 0 Å². The van der Waals surface area contributed by atoms with Crippen molar-refractivity contribution in [3.05, 3.63) is 24.3 Å². The van der Waals surface area contributed by atoms with Gasteiger partial charge >= 0.3 is 0 Å². The zero-order valence-corrected chi connectivity index (χ0v) is 13.5. The number of primary sulfonamides is 1. The molecular weight excluding hydrogens is 312 g/mol. The monoisotopic (exact) mass is 332 g/mol. The van der Waals surface area contributed by atoms with Crippen LogP contribution in [-0.2, 0) is 20.0 Å². The van der Waals surface area contributed by atoms with Gasteiger partial charge in [0.1, 0.15) is 0 Å². The molecule has 0 amide bonds. The van der Waals surface area contributed by atoms with E-state index in [4.69, 9.17) is 5.14 Å². The SMILES string of the molecule is CCN(C1CCCC1)S(=O)(=O)c1cccc(S(N)(=O)=O)c1. The predicted octanol–water partition coefficient (Wildman–Crippen LogP) is 1.29. The molecule has 1 saturated carbocycles. The third-order valence-electron chi connectivity index (χ3n) is 3.78. The summed E-state index contributed by atoms with van der Waals surface area (Å²) in [5.74, 6) is 0. The first kappa shape index (κ1) is 16.4. The lowest BCUT2D eigenvalue weighted by atomic mass is 10.2. The number of nitrogens with zero attached hydrogens (tertiary/aromatic N) is 1. The van der Waals surface area contributed by atoms with Crippen LogP contribution in [0.15, 0.2) is 34.1 Å². The highest BCUT2D eigenvalue weighted by Gasteiger charge is 2.32. The van der Waals surface area contributed by atoms with E-state index in [2.05, 4.69) is 0 Å². The van der Waals surface area contributed by atoms with Crippen molar-refractivity contribution in [1.82, 2.24) is 4.31 Å². The Hall–Kier alpha value is -0.960. The molecule has 2 rings (SSSR count). The number of hydrogen-bond donors (Lipinski definition) is 1. The fourth-order valence-electron chi connectivity index (χ4n) is 2.76. The Kier molecular flexibility index (Phi) is 4.72. The molecule has 6 nitrogen and oxygen atoms in total. The van der Waals surface area contributed by atoms with Crippen molar-refractivity contribution in [3.63, 3.8) is 0 Å². The second kappa shape index (κ2) is 6.04. The summed E-state index contributed by atoms with van der Waals surface area (Å²) in [5.41, 5.74) is 0. The molecule has 0 atom stereocenters. The van der Waals surface area contributed by atoms with Gasteiger partial charge in [0.15, 0.2) is 0 Å². The second-order valence-electron chi connectivity index (χ2n) is 5.17. The van der Waals surface area contributed by atoms with Gasteiger partial charge in [0.25, 0.3) is 0 Å². The summed E-state index contributed by atoms with van der Waals surface area (Å²) in [4.78, 5) is -0.214. The molecule has 0 spiro atoms. The number of hydrogen-bond acceptors (Lipinski definition) is 4. The topological polar surface area (TPSA) is 97.5 Å². The molecule has 0 saturated heterocycles. The Balaban J connectivity index is 2.43. The maximum Gasteiger partial charge on any atom is 0.243 e. The lowest BCUT2D eigenvalue weighted by molar-refractivity contribution is 0.335. The third kappa shape index (κ3) is 3.45. The molecule has 2 N–H and O–H groups in total. The summed E-state index contributed by atoms with van der Waals surface area (Å²) in [5, 5.41) is 5.06. The summed E-state index contributed by atoms with van der Waals surface area (Å²) in [6.45, 7) is 2.16. The third-order valence-corrected chi connectivity index (χ3v) is 6.72. The summed E-state index contributed by atoms with van der Waals surface area (Å²) < 4.78 is 49.7. The fraction of sp³-hybridized carbons (Fsp3) is 0.538. The molecule has 1 aromatic carbocycles. The minimum absolute atomic E-state index is 0.00172. The van der Waals surface area contributed by atoms with Crippen molar-refractivity contribution in [2.75, 3.05) is 6.54 Å². The molecule has 0 aromatic heterocycles. The molecule has 0 unspecified atom stereocenters. The lowest BCUT2D eigenvalue weighted by Gasteiger charge is -2.26. The quantitative estimate of drug-likeness (QED) is 0.878. The van der Waals surface area contributed by atoms with Crippen LogP contribution in [0.4, 0.5) is 0 Å². The molecule has 118 valence electrons. The average molecular weight is 332 g/mol. The van der Waals surface area contributed by atoms with Crippen LogP contribution in [0.5, 0.6) is 0 Å². The molecule has 8 heteroatoms. The Bertz CT molecular complexity index is 707. The van der Waals surface area contributed by atoms with E-state index >= 15 is 0 Å². The van der Waals surface area contributed by atoms with Crippen LogP contribution in [0, 0.1) is 0 Å². The molecule has 1 fully saturated rings. The largest absolute Gasteiger partial charge is 0.243 e. The molecule has 1 aliphatic rings. The van der Waals surface area contributed by atoms with Gasteiger partial charge in [-0.1, -0.05) is 25.8 Å². The van der Waals surface area contributed by atoms with Crippen molar-refractivity contribution < 1.29 is 16.8 Å². The first-order valence-corrected chi connectivity index (χ1v) is 9.90. The van der Waals surface area contributed by atoms with E-state index in [1.165, 1.54) is 22.5 Å². The Morgan fingerprint density at radius 2 is 1.71 bits per heavy atom. The standard InChI is InChI=1S/C13H20N2O4S2/c1-2-15(11-6-3-4-7-11)21(18,19)13-9-5-8-12(10-13)20(14,16)17/h5,8-11H,2-4,6-7H2,1H3,(H2,14,16,17). The summed E-state index contributed by atoms with van der Waals surface area (Å²) in [7, 11) is -7.62. The number of nitrogens with two attached hydrogens (primary N) is 1. The fourth-order valence-corrected chi connectivity index (χ4v) is 5.14. The smallest absolute Gasteiger partial charge is 0.225 e. The van der Waals surface area contributed by atoms with Crippen LogP contribution in [-0.4, -0.2) is 33.7 Å². The molecule has 0 bridgehead atoms. The van der Waals surface area contributed by atoms with E-state index in [9.17, 15) is 16.8 Å². The molecule has 1 aromatic rings. The Labute approximate surface area is 126 Å². The van der Waals surface area contributed by atoms with Gasteiger partial charge < -0.3 is 0 Å². The van der Waals surface area contributed by atoms with E-state index in [-0.39, 0.29) is 15.8 Å².